The van der Waals surface area contributed by atoms with Gasteiger partial charge in [-0.25, -0.2) is 0 Å². The lowest BCUT2D eigenvalue weighted by molar-refractivity contribution is -0.205. The van der Waals surface area contributed by atoms with Gasteiger partial charge < -0.3 is 4.74 Å². The van der Waals surface area contributed by atoms with Gasteiger partial charge in [0.15, 0.2) is 0 Å². The van der Waals surface area contributed by atoms with Crippen molar-refractivity contribution in [1.29, 1.82) is 0 Å². The molecule has 0 aliphatic carbocycles. The maximum absolute atomic E-state index is 6.43. The molecular formula is C17H34O. The number of rotatable bonds is 0. The molecule has 1 heteroatoms. The highest BCUT2D eigenvalue weighted by atomic mass is 16.5. The fourth-order valence-electron chi connectivity index (χ4n) is 4.31. The summed E-state index contributed by atoms with van der Waals surface area (Å²) in [6, 6.07) is 0. The van der Waals surface area contributed by atoms with Crippen molar-refractivity contribution >= 4 is 0 Å². The van der Waals surface area contributed by atoms with E-state index in [9.17, 15) is 0 Å². The zero-order valence-corrected chi connectivity index (χ0v) is 14.3. The molecule has 1 saturated heterocycles. The summed E-state index contributed by atoms with van der Waals surface area (Å²) < 4.78 is 6.43. The summed E-state index contributed by atoms with van der Waals surface area (Å²) >= 11 is 0. The quantitative estimate of drug-likeness (QED) is 0.560. The molecule has 0 aromatic carbocycles. The summed E-state index contributed by atoms with van der Waals surface area (Å²) in [6.07, 6.45) is 2.19. The summed E-state index contributed by atoms with van der Waals surface area (Å²) in [5, 5.41) is 0. The predicted molar refractivity (Wildman–Crippen MR) is 79.8 cm³/mol. The van der Waals surface area contributed by atoms with Gasteiger partial charge in [0.1, 0.15) is 0 Å². The van der Waals surface area contributed by atoms with E-state index >= 15 is 0 Å². The number of hydrogen-bond acceptors (Lipinski definition) is 1. The lowest BCUT2D eigenvalue weighted by atomic mass is 9.50. The lowest BCUT2D eigenvalue weighted by Crippen LogP contribution is -2.55. The van der Waals surface area contributed by atoms with Crippen molar-refractivity contribution < 1.29 is 4.74 Å². The molecule has 0 aromatic rings. The molecule has 18 heavy (non-hydrogen) atoms. The largest absolute Gasteiger partial charge is 0.370 e. The van der Waals surface area contributed by atoms with Gasteiger partial charge in [-0.05, 0) is 56.8 Å². The van der Waals surface area contributed by atoms with Gasteiger partial charge in [-0.3, -0.25) is 0 Å². The fourth-order valence-corrected chi connectivity index (χ4v) is 4.31. The molecule has 0 atom stereocenters. The van der Waals surface area contributed by atoms with E-state index < -0.39 is 0 Å². The Hall–Kier alpha value is -0.0400. The summed E-state index contributed by atoms with van der Waals surface area (Å²) in [7, 11) is 0. The van der Waals surface area contributed by atoms with E-state index in [4.69, 9.17) is 4.74 Å². The first-order valence-electron chi connectivity index (χ1n) is 7.32. The van der Waals surface area contributed by atoms with Crippen LogP contribution in [-0.4, -0.2) is 11.2 Å². The molecule has 1 nitrogen and oxygen atoms in total. The highest BCUT2D eigenvalue weighted by Gasteiger charge is 2.54. The maximum atomic E-state index is 6.43. The van der Waals surface area contributed by atoms with Gasteiger partial charge in [0.25, 0.3) is 0 Å². The van der Waals surface area contributed by atoms with Gasteiger partial charge in [-0.15, -0.1) is 0 Å². The monoisotopic (exact) mass is 254 g/mol. The van der Waals surface area contributed by atoms with Crippen LogP contribution in [-0.2, 0) is 4.74 Å². The standard InChI is InChI=1S/C17H34O/c1-13(2)11-15(5,6)18-16(7,8)12-14(3,4)17(13,9)10/h11-12H2,1-10H3. The van der Waals surface area contributed by atoms with Gasteiger partial charge in [0, 0.05) is 0 Å². The minimum atomic E-state index is -0.0548. The van der Waals surface area contributed by atoms with Crippen molar-refractivity contribution in [2.45, 2.75) is 93.3 Å². The lowest BCUT2D eigenvalue weighted by Gasteiger charge is -2.59. The van der Waals surface area contributed by atoms with E-state index in [1.807, 2.05) is 0 Å². The first-order chi connectivity index (χ1) is 7.62. The van der Waals surface area contributed by atoms with Gasteiger partial charge in [0.05, 0.1) is 11.2 Å². The van der Waals surface area contributed by atoms with Crippen LogP contribution in [0.15, 0.2) is 0 Å². The average molecular weight is 254 g/mol. The number of hydrogen-bond donors (Lipinski definition) is 0. The molecule has 1 aliphatic heterocycles. The maximum Gasteiger partial charge on any atom is 0.0639 e. The second-order valence-corrected chi connectivity index (χ2v) is 9.37. The van der Waals surface area contributed by atoms with Crippen molar-refractivity contribution in [1.82, 2.24) is 0 Å². The average Bonchev–Trinajstić information content (AvgIpc) is 1.93. The van der Waals surface area contributed by atoms with Gasteiger partial charge in [-0.2, -0.15) is 0 Å². The van der Waals surface area contributed by atoms with E-state index in [0.29, 0.717) is 0 Å². The van der Waals surface area contributed by atoms with Crippen molar-refractivity contribution in [2.75, 3.05) is 0 Å². The molecule has 0 aromatic heterocycles. The van der Waals surface area contributed by atoms with Crippen LogP contribution in [0.25, 0.3) is 0 Å². The number of ether oxygens (including phenoxy) is 1. The Labute approximate surface area is 115 Å². The topological polar surface area (TPSA) is 9.23 Å². The van der Waals surface area contributed by atoms with Crippen molar-refractivity contribution in [2.24, 2.45) is 16.2 Å². The third kappa shape index (κ3) is 2.76. The van der Waals surface area contributed by atoms with Crippen LogP contribution in [0.2, 0.25) is 0 Å². The third-order valence-electron chi connectivity index (χ3n) is 5.67. The molecule has 1 rings (SSSR count). The molecule has 1 heterocycles. The zero-order chi connectivity index (χ0) is 14.6. The summed E-state index contributed by atoms with van der Waals surface area (Å²) in [6.45, 7) is 23.4. The molecule has 0 N–H and O–H groups in total. The van der Waals surface area contributed by atoms with Crippen LogP contribution in [0.3, 0.4) is 0 Å². The molecule has 0 amide bonds. The molecule has 1 fully saturated rings. The molecule has 108 valence electrons. The normalized spacial score (nSPS) is 32.3. The Bertz CT molecular complexity index is 289. The second-order valence-electron chi connectivity index (χ2n) is 9.37. The fraction of sp³-hybridized carbons (Fsp3) is 1.00. The molecule has 0 spiro atoms. The van der Waals surface area contributed by atoms with E-state index in [0.717, 1.165) is 12.8 Å². The van der Waals surface area contributed by atoms with Crippen LogP contribution < -0.4 is 0 Å². The molecular weight excluding hydrogens is 220 g/mol. The second kappa shape index (κ2) is 3.98. The van der Waals surface area contributed by atoms with Gasteiger partial charge >= 0.3 is 0 Å². The van der Waals surface area contributed by atoms with Crippen LogP contribution in [0, 0.1) is 16.2 Å². The Morgan fingerprint density at radius 1 is 0.556 bits per heavy atom. The van der Waals surface area contributed by atoms with E-state index in [2.05, 4.69) is 69.2 Å². The molecule has 0 radical (unpaired) electrons. The van der Waals surface area contributed by atoms with Crippen molar-refractivity contribution in [3.8, 4) is 0 Å². The molecule has 0 saturated carbocycles. The van der Waals surface area contributed by atoms with E-state index in [-0.39, 0.29) is 27.4 Å². The molecule has 1 aliphatic rings. The molecule has 0 bridgehead atoms. The minimum Gasteiger partial charge on any atom is -0.370 e. The highest BCUT2D eigenvalue weighted by molar-refractivity contribution is 5.03. The highest BCUT2D eigenvalue weighted by Crippen LogP contribution is 2.59. The molecule has 0 unspecified atom stereocenters. The Morgan fingerprint density at radius 3 is 1.11 bits per heavy atom. The minimum absolute atomic E-state index is 0.0548. The first-order valence-corrected chi connectivity index (χ1v) is 7.32. The van der Waals surface area contributed by atoms with Crippen molar-refractivity contribution in [3.05, 3.63) is 0 Å². The summed E-state index contributed by atoms with van der Waals surface area (Å²) in [4.78, 5) is 0. The Morgan fingerprint density at radius 2 is 0.833 bits per heavy atom. The van der Waals surface area contributed by atoms with E-state index in [1.54, 1.807) is 0 Å². The summed E-state index contributed by atoms with van der Waals surface area (Å²) in [5.41, 5.74) is 0.687. The first kappa shape index (κ1) is 16.0. The predicted octanol–water partition coefficient (Wildman–Crippen LogP) is 5.43. The van der Waals surface area contributed by atoms with Crippen LogP contribution in [0.1, 0.15) is 82.1 Å². The third-order valence-corrected chi connectivity index (χ3v) is 5.67. The smallest absolute Gasteiger partial charge is 0.0639 e. The zero-order valence-electron chi connectivity index (χ0n) is 14.3. The van der Waals surface area contributed by atoms with Crippen LogP contribution in [0.4, 0.5) is 0 Å². The van der Waals surface area contributed by atoms with Gasteiger partial charge in [-0.1, -0.05) is 41.5 Å². The van der Waals surface area contributed by atoms with Crippen LogP contribution in [0.5, 0.6) is 0 Å². The Balaban J connectivity index is 3.28. The van der Waals surface area contributed by atoms with Crippen LogP contribution >= 0.6 is 0 Å². The Kier molecular flexibility index (Phi) is 3.54. The SMILES string of the molecule is CC1(C)CC(C)(C)C(C)(C)C(C)(C)CC(C)(C)O1. The van der Waals surface area contributed by atoms with Crippen molar-refractivity contribution in [3.63, 3.8) is 0 Å². The van der Waals surface area contributed by atoms with Gasteiger partial charge in [0.2, 0.25) is 0 Å². The summed E-state index contributed by atoms with van der Waals surface area (Å²) in [5.74, 6) is 0. The van der Waals surface area contributed by atoms with E-state index in [1.165, 1.54) is 0 Å².